The van der Waals surface area contributed by atoms with Crippen molar-refractivity contribution in [3.8, 4) is 0 Å². The second kappa shape index (κ2) is 5.96. The summed E-state index contributed by atoms with van der Waals surface area (Å²) in [5.41, 5.74) is 2.44. The van der Waals surface area contributed by atoms with E-state index in [9.17, 15) is 4.79 Å². The van der Waals surface area contributed by atoms with Gasteiger partial charge in [-0.05, 0) is 36.6 Å². The fraction of sp³-hybridized carbons (Fsp3) is 0.200. The molecule has 3 heteroatoms. The van der Waals surface area contributed by atoms with Crippen LogP contribution in [0.3, 0.4) is 0 Å². The van der Waals surface area contributed by atoms with Crippen LogP contribution in [0.5, 0.6) is 0 Å². The number of aryl methyl sites for hydroxylation is 2. The molecule has 0 atom stereocenters. The van der Waals surface area contributed by atoms with E-state index in [4.69, 9.17) is 0 Å². The Kier molecular flexibility index (Phi) is 4.07. The number of aromatic nitrogens is 1. The lowest BCUT2D eigenvalue weighted by Gasteiger charge is -2.06. The fourth-order valence-electron chi connectivity index (χ4n) is 1.78. The predicted octanol–water partition coefficient (Wildman–Crippen LogP) is 2.96. The largest absolute Gasteiger partial charge is 0.311 e. The molecular weight excluding hydrogens is 224 g/mol. The van der Waals surface area contributed by atoms with Gasteiger partial charge in [0.2, 0.25) is 5.91 Å². The molecule has 3 nitrogen and oxygen atoms in total. The summed E-state index contributed by atoms with van der Waals surface area (Å²) in [5, 5.41) is 2.78. The van der Waals surface area contributed by atoms with E-state index in [1.807, 2.05) is 24.3 Å². The molecule has 1 heterocycles. The smallest absolute Gasteiger partial charge is 0.225 e. The Morgan fingerprint density at radius 1 is 1.17 bits per heavy atom. The van der Waals surface area contributed by atoms with Crippen LogP contribution in [0.2, 0.25) is 0 Å². The van der Waals surface area contributed by atoms with E-state index >= 15 is 0 Å². The number of hydrogen-bond acceptors (Lipinski definition) is 2. The van der Waals surface area contributed by atoms with Crippen molar-refractivity contribution in [1.29, 1.82) is 0 Å². The van der Waals surface area contributed by atoms with E-state index in [1.165, 1.54) is 11.1 Å². The summed E-state index contributed by atoms with van der Waals surface area (Å²) in [6.45, 7) is 2.06. The van der Waals surface area contributed by atoms with Crippen LogP contribution in [0.1, 0.15) is 17.5 Å². The van der Waals surface area contributed by atoms with Crippen LogP contribution in [0, 0.1) is 6.92 Å². The van der Waals surface area contributed by atoms with Gasteiger partial charge in [0.25, 0.3) is 0 Å². The van der Waals surface area contributed by atoms with Crippen molar-refractivity contribution in [2.45, 2.75) is 19.8 Å². The zero-order valence-electron chi connectivity index (χ0n) is 10.4. The van der Waals surface area contributed by atoms with Crippen LogP contribution >= 0.6 is 0 Å². The van der Waals surface area contributed by atoms with Crippen molar-refractivity contribution < 1.29 is 4.79 Å². The molecule has 0 saturated carbocycles. The number of hydrogen-bond donors (Lipinski definition) is 1. The van der Waals surface area contributed by atoms with Crippen molar-refractivity contribution in [2.75, 3.05) is 5.32 Å². The molecule has 1 amide bonds. The Labute approximate surface area is 107 Å². The molecule has 0 aliphatic rings. The van der Waals surface area contributed by atoms with Gasteiger partial charge < -0.3 is 5.32 Å². The van der Waals surface area contributed by atoms with E-state index in [2.05, 4.69) is 29.4 Å². The second-order valence-electron chi connectivity index (χ2n) is 4.19. The van der Waals surface area contributed by atoms with Gasteiger partial charge in [-0.1, -0.05) is 30.3 Å². The van der Waals surface area contributed by atoms with E-state index in [0.717, 1.165) is 6.42 Å². The topological polar surface area (TPSA) is 42.0 Å². The maximum atomic E-state index is 11.7. The first kappa shape index (κ1) is 12.3. The summed E-state index contributed by atoms with van der Waals surface area (Å²) in [5.74, 6) is 0.601. The predicted molar refractivity (Wildman–Crippen MR) is 72.4 cm³/mol. The van der Waals surface area contributed by atoms with Gasteiger partial charge in [0, 0.05) is 12.6 Å². The highest BCUT2D eigenvalue weighted by Crippen LogP contribution is 2.10. The van der Waals surface area contributed by atoms with Crippen LogP contribution in [0.25, 0.3) is 0 Å². The first-order valence-electron chi connectivity index (χ1n) is 6.01. The van der Waals surface area contributed by atoms with Crippen LogP contribution < -0.4 is 5.32 Å². The minimum absolute atomic E-state index is 0.00282. The molecule has 2 rings (SSSR count). The van der Waals surface area contributed by atoms with Gasteiger partial charge >= 0.3 is 0 Å². The third-order valence-electron chi connectivity index (χ3n) is 2.82. The summed E-state index contributed by atoms with van der Waals surface area (Å²) in [7, 11) is 0. The van der Waals surface area contributed by atoms with Gasteiger partial charge in [0.15, 0.2) is 0 Å². The van der Waals surface area contributed by atoms with Crippen molar-refractivity contribution >= 4 is 11.7 Å². The molecule has 2 aromatic rings. The number of nitrogens with one attached hydrogen (secondary N) is 1. The Morgan fingerprint density at radius 2 is 1.94 bits per heavy atom. The second-order valence-corrected chi connectivity index (χ2v) is 4.19. The highest BCUT2D eigenvalue weighted by atomic mass is 16.1. The van der Waals surface area contributed by atoms with Gasteiger partial charge in [-0.2, -0.15) is 0 Å². The minimum Gasteiger partial charge on any atom is -0.311 e. The van der Waals surface area contributed by atoms with Gasteiger partial charge in [0.1, 0.15) is 5.82 Å². The number of carbonyl (C=O) groups is 1. The van der Waals surface area contributed by atoms with Gasteiger partial charge in [-0.3, -0.25) is 4.79 Å². The summed E-state index contributed by atoms with van der Waals surface area (Å²) >= 11 is 0. The van der Waals surface area contributed by atoms with E-state index in [0.29, 0.717) is 12.2 Å². The molecule has 92 valence electrons. The van der Waals surface area contributed by atoms with Gasteiger partial charge in [0.05, 0.1) is 0 Å². The molecule has 1 aromatic carbocycles. The Balaban J connectivity index is 1.88. The van der Waals surface area contributed by atoms with Crippen LogP contribution in [0.15, 0.2) is 48.7 Å². The number of nitrogens with zero attached hydrogens (tertiary/aromatic N) is 1. The summed E-state index contributed by atoms with van der Waals surface area (Å²) in [4.78, 5) is 15.8. The number of pyridine rings is 1. The number of anilines is 1. The van der Waals surface area contributed by atoms with Crippen LogP contribution in [0.4, 0.5) is 5.82 Å². The molecule has 0 fully saturated rings. The maximum absolute atomic E-state index is 11.7. The third-order valence-corrected chi connectivity index (χ3v) is 2.82. The van der Waals surface area contributed by atoms with Crippen molar-refractivity contribution in [3.63, 3.8) is 0 Å². The van der Waals surface area contributed by atoms with Crippen molar-refractivity contribution in [1.82, 2.24) is 4.98 Å². The highest BCUT2D eigenvalue weighted by Gasteiger charge is 2.04. The molecule has 0 saturated heterocycles. The Hall–Kier alpha value is -2.16. The van der Waals surface area contributed by atoms with Crippen LogP contribution in [-0.4, -0.2) is 10.9 Å². The number of amides is 1. The summed E-state index contributed by atoms with van der Waals surface area (Å²) in [6.07, 6.45) is 2.89. The standard InChI is InChI=1S/C15H16N2O/c1-12-6-2-3-7-13(12)9-10-15(18)17-14-8-4-5-11-16-14/h2-8,11H,9-10H2,1H3,(H,16,17,18). The zero-order valence-corrected chi connectivity index (χ0v) is 10.4. The number of carbonyl (C=O) groups excluding carboxylic acids is 1. The van der Waals surface area contributed by atoms with Crippen molar-refractivity contribution in [2.24, 2.45) is 0 Å². The molecule has 0 radical (unpaired) electrons. The minimum atomic E-state index is -0.00282. The molecule has 0 aliphatic heterocycles. The summed E-state index contributed by atoms with van der Waals surface area (Å²) in [6, 6.07) is 13.6. The number of benzene rings is 1. The quantitative estimate of drug-likeness (QED) is 0.892. The lowest BCUT2D eigenvalue weighted by molar-refractivity contribution is -0.116. The average molecular weight is 240 g/mol. The lowest BCUT2D eigenvalue weighted by atomic mass is 10.0. The Bertz CT molecular complexity index is 523. The first-order chi connectivity index (χ1) is 8.75. The molecule has 18 heavy (non-hydrogen) atoms. The van der Waals surface area contributed by atoms with E-state index < -0.39 is 0 Å². The molecule has 0 unspecified atom stereocenters. The Morgan fingerprint density at radius 3 is 2.67 bits per heavy atom. The molecule has 1 N–H and O–H groups in total. The molecule has 0 spiro atoms. The summed E-state index contributed by atoms with van der Waals surface area (Å²) < 4.78 is 0. The van der Waals surface area contributed by atoms with Crippen LogP contribution in [-0.2, 0) is 11.2 Å². The monoisotopic (exact) mass is 240 g/mol. The SMILES string of the molecule is Cc1ccccc1CCC(=O)Nc1ccccn1. The van der Waals surface area contributed by atoms with E-state index in [1.54, 1.807) is 12.3 Å². The van der Waals surface area contributed by atoms with Crippen molar-refractivity contribution in [3.05, 3.63) is 59.8 Å². The third kappa shape index (κ3) is 3.42. The van der Waals surface area contributed by atoms with Gasteiger partial charge in [-0.15, -0.1) is 0 Å². The number of rotatable bonds is 4. The lowest BCUT2D eigenvalue weighted by Crippen LogP contribution is -2.13. The molecule has 1 aromatic heterocycles. The van der Waals surface area contributed by atoms with E-state index in [-0.39, 0.29) is 5.91 Å². The molecule has 0 aliphatic carbocycles. The zero-order chi connectivity index (χ0) is 12.8. The average Bonchev–Trinajstić information content (AvgIpc) is 2.39. The maximum Gasteiger partial charge on any atom is 0.225 e. The molecule has 0 bridgehead atoms. The van der Waals surface area contributed by atoms with Gasteiger partial charge in [-0.25, -0.2) is 4.98 Å². The molecular formula is C15H16N2O. The highest BCUT2D eigenvalue weighted by molar-refractivity contribution is 5.89. The fourth-order valence-corrected chi connectivity index (χ4v) is 1.78. The normalized spacial score (nSPS) is 10.1. The first-order valence-corrected chi connectivity index (χ1v) is 6.01.